The molecule has 0 amide bonds. The molecule has 4 saturated carbocycles. The highest BCUT2D eigenvalue weighted by molar-refractivity contribution is 5.97. The Morgan fingerprint density at radius 1 is 0.439 bits per heavy atom. The Hall–Kier alpha value is -4.10. The van der Waals surface area contributed by atoms with Crippen LogP contribution in [0.4, 0.5) is 17.1 Å². The van der Waals surface area contributed by atoms with Gasteiger partial charge in [-0.2, -0.15) is 0 Å². The van der Waals surface area contributed by atoms with Crippen molar-refractivity contribution in [2.45, 2.75) is 140 Å². The zero-order valence-corrected chi connectivity index (χ0v) is 35.9. The number of nitrogens with zero attached hydrogens (tertiary/aromatic N) is 1. The quantitative estimate of drug-likeness (QED) is 0.177. The van der Waals surface area contributed by atoms with Crippen LogP contribution in [0.15, 0.2) is 103 Å². The van der Waals surface area contributed by atoms with Crippen molar-refractivity contribution in [2.24, 2.45) is 23.7 Å². The molecule has 5 aromatic rings. The summed E-state index contributed by atoms with van der Waals surface area (Å²) in [5, 5.41) is 0. The predicted molar refractivity (Wildman–Crippen MR) is 240 cm³/mol. The average molecular weight is 750 g/mol. The van der Waals surface area contributed by atoms with Crippen molar-refractivity contribution in [1.82, 2.24) is 0 Å². The molecule has 0 radical (unpaired) electrons. The first-order valence-corrected chi connectivity index (χ1v) is 22.6. The summed E-state index contributed by atoms with van der Waals surface area (Å²) in [5.74, 6) is 3.23. The van der Waals surface area contributed by atoms with Crippen molar-refractivity contribution in [1.29, 1.82) is 0 Å². The fourth-order valence-electron chi connectivity index (χ4n) is 14.4. The normalized spacial score (nSPS) is 28.7. The Bertz CT molecular complexity index is 2330. The van der Waals surface area contributed by atoms with E-state index in [9.17, 15) is 0 Å². The van der Waals surface area contributed by atoms with Crippen LogP contribution in [0, 0.1) is 23.7 Å². The minimum absolute atomic E-state index is 0.0429. The molecular weight excluding hydrogens is 687 g/mol. The second-order valence-electron chi connectivity index (χ2n) is 22.3. The molecule has 5 aromatic carbocycles. The van der Waals surface area contributed by atoms with Gasteiger partial charge in [0.05, 0.1) is 11.4 Å². The summed E-state index contributed by atoms with van der Waals surface area (Å²) in [5.41, 5.74) is 19.6. The van der Waals surface area contributed by atoms with Crippen LogP contribution in [0.5, 0.6) is 0 Å². The van der Waals surface area contributed by atoms with Gasteiger partial charge in [0.15, 0.2) is 0 Å². The Kier molecular flexibility index (Phi) is 7.58. The molecular formula is C56H63N. The van der Waals surface area contributed by atoms with Crippen LogP contribution in [0.3, 0.4) is 0 Å². The van der Waals surface area contributed by atoms with Gasteiger partial charge in [0.1, 0.15) is 0 Å². The van der Waals surface area contributed by atoms with Crippen molar-refractivity contribution in [3.63, 3.8) is 0 Å². The molecule has 292 valence electrons. The fourth-order valence-corrected chi connectivity index (χ4v) is 14.4. The van der Waals surface area contributed by atoms with Crippen LogP contribution >= 0.6 is 0 Å². The van der Waals surface area contributed by atoms with Crippen molar-refractivity contribution >= 4 is 17.1 Å². The Labute approximate surface area is 343 Å². The van der Waals surface area contributed by atoms with Gasteiger partial charge < -0.3 is 4.90 Å². The van der Waals surface area contributed by atoms with E-state index in [4.69, 9.17) is 0 Å². The predicted octanol–water partition coefficient (Wildman–Crippen LogP) is 15.2. The van der Waals surface area contributed by atoms with Gasteiger partial charge in [-0.1, -0.05) is 134 Å². The Morgan fingerprint density at radius 3 is 1.49 bits per heavy atom. The lowest BCUT2D eigenvalue weighted by molar-refractivity contribution is -0.0399. The number of benzene rings is 5. The summed E-state index contributed by atoms with van der Waals surface area (Å²) in [6.07, 6.45) is 11.8. The minimum Gasteiger partial charge on any atom is -0.310 e. The molecule has 0 atom stereocenters. The van der Waals surface area contributed by atoms with Crippen molar-refractivity contribution in [2.75, 3.05) is 4.90 Å². The summed E-state index contributed by atoms with van der Waals surface area (Å²) >= 11 is 0. The van der Waals surface area contributed by atoms with Crippen molar-refractivity contribution in [3.05, 3.63) is 137 Å². The average Bonchev–Trinajstić information content (AvgIpc) is 3.48. The maximum absolute atomic E-state index is 2.81. The number of hydrogen-bond donors (Lipinski definition) is 0. The molecule has 0 heterocycles. The molecule has 0 unspecified atom stereocenters. The number of fused-ring (bicyclic) bond motifs is 5. The monoisotopic (exact) mass is 749 g/mol. The van der Waals surface area contributed by atoms with Crippen molar-refractivity contribution in [3.8, 4) is 22.3 Å². The summed E-state index contributed by atoms with van der Waals surface area (Å²) in [6.45, 7) is 20.0. The molecule has 57 heavy (non-hydrogen) atoms. The summed E-state index contributed by atoms with van der Waals surface area (Å²) in [6, 6.07) is 41.2. The minimum atomic E-state index is 0.0429. The third kappa shape index (κ3) is 4.99. The van der Waals surface area contributed by atoms with E-state index in [-0.39, 0.29) is 27.1 Å². The first-order chi connectivity index (χ1) is 27.2. The van der Waals surface area contributed by atoms with Crippen LogP contribution in [0.2, 0.25) is 0 Å². The maximum atomic E-state index is 2.81. The molecule has 0 N–H and O–H groups in total. The SMILES string of the molecule is CC1(C)CCC(C)(C)c2c(N(c3cc(-c4ccccc4)c4c(c3)C3(c5ccccc5-4)C4CC5CC(C4)CC3C5)c3cccc4c3C(C)(C)CCC4(C)C)cccc21. The topological polar surface area (TPSA) is 3.24 Å². The van der Waals surface area contributed by atoms with Gasteiger partial charge in [-0.05, 0) is 183 Å². The molecule has 7 aliphatic carbocycles. The highest BCUT2D eigenvalue weighted by Gasteiger charge is 2.62. The van der Waals surface area contributed by atoms with Gasteiger partial charge in [-0.25, -0.2) is 0 Å². The summed E-state index contributed by atoms with van der Waals surface area (Å²) < 4.78 is 0. The van der Waals surface area contributed by atoms with Gasteiger partial charge >= 0.3 is 0 Å². The number of rotatable bonds is 4. The third-order valence-corrected chi connectivity index (χ3v) is 17.1. The van der Waals surface area contributed by atoms with Gasteiger partial charge in [0.2, 0.25) is 0 Å². The van der Waals surface area contributed by atoms with E-state index in [1.165, 1.54) is 108 Å². The first kappa shape index (κ1) is 36.0. The Morgan fingerprint density at radius 2 is 0.930 bits per heavy atom. The molecule has 4 fully saturated rings. The third-order valence-electron chi connectivity index (χ3n) is 17.1. The zero-order chi connectivity index (χ0) is 39.3. The molecule has 1 nitrogen and oxygen atoms in total. The molecule has 0 saturated heterocycles. The second kappa shape index (κ2) is 12.0. The molecule has 0 aromatic heterocycles. The molecule has 12 rings (SSSR count). The molecule has 1 spiro atoms. The van der Waals surface area contributed by atoms with Crippen LogP contribution in [-0.4, -0.2) is 0 Å². The first-order valence-electron chi connectivity index (χ1n) is 22.6. The molecule has 4 bridgehead atoms. The van der Waals surface area contributed by atoms with Crippen LogP contribution < -0.4 is 4.90 Å². The molecule has 1 heteroatoms. The highest BCUT2D eigenvalue weighted by atomic mass is 15.2. The zero-order valence-electron chi connectivity index (χ0n) is 35.9. The van der Waals surface area contributed by atoms with E-state index >= 15 is 0 Å². The van der Waals surface area contributed by atoms with E-state index in [0.717, 1.165) is 11.8 Å². The van der Waals surface area contributed by atoms with Crippen LogP contribution in [0.1, 0.15) is 147 Å². The standard InChI is InChI=1S/C56H63N/c1-52(2)24-26-54(5,6)50-44(52)20-14-22-47(50)57(48-23-15-21-45-51(48)55(7,8)27-25-53(45,3)4)40-33-42(37-16-10-9-11-17-37)49-41-18-12-13-19-43(41)56(46(49)34-40)38-29-35-28-36(31-38)32-39(56)30-35/h9-23,33-36,38-39H,24-32H2,1-8H3. The lowest BCUT2D eigenvalue weighted by Crippen LogP contribution is -2.55. The summed E-state index contributed by atoms with van der Waals surface area (Å²) in [4.78, 5) is 2.81. The van der Waals surface area contributed by atoms with E-state index in [1.54, 1.807) is 22.3 Å². The maximum Gasteiger partial charge on any atom is 0.0502 e. The number of hydrogen-bond acceptors (Lipinski definition) is 1. The molecule has 7 aliphatic rings. The smallest absolute Gasteiger partial charge is 0.0502 e. The van der Waals surface area contributed by atoms with Gasteiger partial charge in [0, 0.05) is 11.1 Å². The molecule has 0 aliphatic heterocycles. The van der Waals surface area contributed by atoms with Crippen LogP contribution in [0.25, 0.3) is 22.3 Å². The van der Waals surface area contributed by atoms with E-state index in [2.05, 4.69) is 163 Å². The van der Waals surface area contributed by atoms with Crippen LogP contribution in [-0.2, 0) is 27.1 Å². The van der Waals surface area contributed by atoms with Gasteiger partial charge in [0.25, 0.3) is 0 Å². The van der Waals surface area contributed by atoms with E-state index in [1.807, 2.05) is 0 Å². The number of anilines is 3. The second-order valence-corrected chi connectivity index (χ2v) is 22.3. The largest absolute Gasteiger partial charge is 0.310 e. The van der Waals surface area contributed by atoms with E-state index < -0.39 is 0 Å². The van der Waals surface area contributed by atoms with E-state index in [0.29, 0.717) is 11.8 Å². The lowest BCUT2D eigenvalue weighted by atomic mass is 9.43. The Balaban J connectivity index is 1.27. The van der Waals surface area contributed by atoms with Gasteiger partial charge in [-0.15, -0.1) is 0 Å². The highest BCUT2D eigenvalue weighted by Crippen LogP contribution is 2.71. The van der Waals surface area contributed by atoms with Gasteiger partial charge in [-0.3, -0.25) is 0 Å². The van der Waals surface area contributed by atoms with Crippen molar-refractivity contribution < 1.29 is 0 Å². The lowest BCUT2D eigenvalue weighted by Gasteiger charge is -2.61. The fraction of sp³-hybridized carbons (Fsp3) is 0.464. The summed E-state index contributed by atoms with van der Waals surface area (Å²) in [7, 11) is 0.